The van der Waals surface area contributed by atoms with Gasteiger partial charge < -0.3 is 10.5 Å². The van der Waals surface area contributed by atoms with Gasteiger partial charge in [0, 0.05) is 11.1 Å². The Kier molecular flexibility index (Phi) is 4.43. The van der Waals surface area contributed by atoms with Gasteiger partial charge in [0.1, 0.15) is 5.75 Å². The Balaban J connectivity index is 1.59. The van der Waals surface area contributed by atoms with Crippen molar-refractivity contribution in [1.29, 1.82) is 0 Å². The van der Waals surface area contributed by atoms with Gasteiger partial charge in [-0.1, -0.05) is 41.7 Å². The maximum atomic E-state index is 12.4. The van der Waals surface area contributed by atoms with Gasteiger partial charge in [-0.25, -0.2) is 10.4 Å². The second-order valence-corrected chi connectivity index (χ2v) is 6.90. The molecule has 6 nitrogen and oxygen atoms in total. The number of hydrogen-bond acceptors (Lipinski definition) is 6. The highest BCUT2D eigenvalue weighted by Crippen LogP contribution is 2.26. The number of hydrogen-bond donors (Lipinski definition) is 2. The maximum absolute atomic E-state index is 12.4. The lowest BCUT2D eigenvalue weighted by Gasteiger charge is -2.08. The lowest BCUT2D eigenvalue weighted by Crippen LogP contribution is -2.17. The van der Waals surface area contributed by atoms with Crippen LogP contribution in [0.5, 0.6) is 5.75 Å². The third-order valence-electron chi connectivity index (χ3n) is 4.18. The lowest BCUT2D eigenvalue weighted by molar-refractivity contribution is 0.0955. The molecule has 0 radical (unpaired) electrons. The van der Waals surface area contributed by atoms with Crippen LogP contribution < -0.4 is 15.9 Å². The number of carbonyl (C=O) groups excluding carboxylic acids is 1. The molecule has 4 aromatic rings. The van der Waals surface area contributed by atoms with E-state index in [0.29, 0.717) is 16.4 Å². The minimum Gasteiger partial charge on any atom is -0.496 e. The van der Waals surface area contributed by atoms with Crippen LogP contribution in [0.3, 0.4) is 0 Å². The number of anilines is 1. The Morgan fingerprint density at radius 2 is 2.07 bits per heavy atom. The SMILES string of the molecule is COc1ccc2ccccc2c1/C=N\NC(=O)c1ccc2nc(N)sc2c1. The fourth-order valence-corrected chi connectivity index (χ4v) is 3.66. The Morgan fingerprint density at radius 1 is 1.22 bits per heavy atom. The van der Waals surface area contributed by atoms with Crippen LogP contribution in [0.4, 0.5) is 5.13 Å². The van der Waals surface area contributed by atoms with Gasteiger partial charge in [-0.15, -0.1) is 0 Å². The van der Waals surface area contributed by atoms with Gasteiger partial charge in [0.25, 0.3) is 5.91 Å². The topological polar surface area (TPSA) is 89.6 Å². The molecular formula is C20H16N4O2S. The van der Waals surface area contributed by atoms with E-state index in [1.54, 1.807) is 31.5 Å². The van der Waals surface area contributed by atoms with Crippen molar-refractivity contribution < 1.29 is 9.53 Å². The van der Waals surface area contributed by atoms with Gasteiger partial charge in [-0.2, -0.15) is 5.10 Å². The van der Waals surface area contributed by atoms with Crippen molar-refractivity contribution in [3.63, 3.8) is 0 Å². The molecule has 1 aromatic heterocycles. The van der Waals surface area contributed by atoms with Crippen molar-refractivity contribution in [2.24, 2.45) is 5.10 Å². The third-order valence-corrected chi connectivity index (χ3v) is 5.02. The third kappa shape index (κ3) is 3.32. The van der Waals surface area contributed by atoms with E-state index in [1.165, 1.54) is 11.3 Å². The van der Waals surface area contributed by atoms with Crippen LogP contribution in [0.2, 0.25) is 0 Å². The molecular weight excluding hydrogens is 360 g/mol. The summed E-state index contributed by atoms with van der Waals surface area (Å²) in [5.41, 5.74) is 10.3. The van der Waals surface area contributed by atoms with Gasteiger partial charge >= 0.3 is 0 Å². The summed E-state index contributed by atoms with van der Waals surface area (Å²) in [4.78, 5) is 16.6. The summed E-state index contributed by atoms with van der Waals surface area (Å²) in [6.07, 6.45) is 1.60. The number of nitrogens with two attached hydrogens (primary N) is 1. The average molecular weight is 376 g/mol. The zero-order chi connectivity index (χ0) is 18.8. The number of ether oxygens (including phenoxy) is 1. The predicted octanol–water partition coefficient (Wildman–Crippen LogP) is 3.80. The predicted molar refractivity (Wildman–Crippen MR) is 110 cm³/mol. The van der Waals surface area contributed by atoms with Crippen molar-refractivity contribution in [2.45, 2.75) is 0 Å². The van der Waals surface area contributed by atoms with Crippen LogP contribution in [0.25, 0.3) is 21.0 Å². The number of nitrogens with zero attached hydrogens (tertiary/aromatic N) is 2. The van der Waals surface area contributed by atoms with Gasteiger partial charge in [-0.05, 0) is 35.0 Å². The van der Waals surface area contributed by atoms with E-state index >= 15 is 0 Å². The summed E-state index contributed by atoms with van der Waals surface area (Å²) < 4.78 is 6.29. The van der Waals surface area contributed by atoms with E-state index in [0.717, 1.165) is 26.6 Å². The highest BCUT2D eigenvalue weighted by atomic mass is 32.1. The van der Waals surface area contributed by atoms with E-state index < -0.39 is 0 Å². The average Bonchev–Trinajstić information content (AvgIpc) is 3.07. The van der Waals surface area contributed by atoms with Crippen LogP contribution in [0, 0.1) is 0 Å². The number of carbonyl (C=O) groups is 1. The highest BCUT2D eigenvalue weighted by molar-refractivity contribution is 7.22. The Morgan fingerprint density at radius 3 is 2.93 bits per heavy atom. The van der Waals surface area contributed by atoms with Crippen molar-refractivity contribution in [3.8, 4) is 5.75 Å². The molecule has 7 heteroatoms. The first-order chi connectivity index (χ1) is 13.2. The molecule has 0 aliphatic carbocycles. The molecule has 1 heterocycles. The van der Waals surface area contributed by atoms with E-state index in [2.05, 4.69) is 15.5 Å². The van der Waals surface area contributed by atoms with Gasteiger partial charge in [0.2, 0.25) is 0 Å². The van der Waals surface area contributed by atoms with Crippen molar-refractivity contribution in [1.82, 2.24) is 10.4 Å². The van der Waals surface area contributed by atoms with Crippen molar-refractivity contribution >= 4 is 49.6 Å². The van der Waals surface area contributed by atoms with Crippen molar-refractivity contribution in [2.75, 3.05) is 12.8 Å². The second kappa shape index (κ2) is 7.05. The maximum Gasteiger partial charge on any atom is 0.271 e. The van der Waals surface area contributed by atoms with E-state index in [9.17, 15) is 4.79 Å². The number of nitrogens with one attached hydrogen (secondary N) is 1. The summed E-state index contributed by atoms with van der Waals surface area (Å²) >= 11 is 1.34. The fourth-order valence-electron chi connectivity index (χ4n) is 2.89. The number of rotatable bonds is 4. The van der Waals surface area contributed by atoms with Crippen LogP contribution in [-0.4, -0.2) is 24.2 Å². The molecule has 3 aromatic carbocycles. The monoisotopic (exact) mass is 376 g/mol. The minimum atomic E-state index is -0.306. The summed E-state index contributed by atoms with van der Waals surface area (Å²) in [5.74, 6) is 0.382. The summed E-state index contributed by atoms with van der Waals surface area (Å²) in [6, 6.07) is 17.0. The minimum absolute atomic E-state index is 0.306. The van der Waals surface area contributed by atoms with E-state index in [1.807, 2.05) is 36.4 Å². The molecule has 134 valence electrons. The molecule has 27 heavy (non-hydrogen) atoms. The van der Waals surface area contributed by atoms with Crippen LogP contribution in [0.1, 0.15) is 15.9 Å². The summed E-state index contributed by atoms with van der Waals surface area (Å²) in [5, 5.41) is 6.66. The number of hydrazone groups is 1. The molecule has 0 fully saturated rings. The molecule has 0 aliphatic heterocycles. The standard InChI is InChI=1S/C20H16N4O2S/c1-26-17-9-7-12-4-2-3-5-14(12)15(17)11-22-24-19(25)13-6-8-16-18(10-13)27-20(21)23-16/h2-11H,1H3,(H2,21,23)(H,24,25)/b22-11-. The summed E-state index contributed by atoms with van der Waals surface area (Å²) in [6.45, 7) is 0. The number of amides is 1. The van der Waals surface area contributed by atoms with Gasteiger partial charge in [0.05, 0.1) is 23.5 Å². The van der Waals surface area contributed by atoms with E-state index in [-0.39, 0.29) is 5.91 Å². The zero-order valence-electron chi connectivity index (χ0n) is 14.5. The van der Waals surface area contributed by atoms with Crippen LogP contribution in [-0.2, 0) is 0 Å². The first-order valence-corrected chi connectivity index (χ1v) is 9.02. The number of benzene rings is 3. The molecule has 0 spiro atoms. The molecule has 0 saturated carbocycles. The number of methoxy groups -OCH3 is 1. The summed E-state index contributed by atoms with van der Waals surface area (Å²) in [7, 11) is 1.61. The molecule has 0 saturated heterocycles. The Hall–Kier alpha value is -3.45. The van der Waals surface area contributed by atoms with Gasteiger partial charge in [0.15, 0.2) is 5.13 Å². The molecule has 4 rings (SSSR count). The zero-order valence-corrected chi connectivity index (χ0v) is 15.3. The molecule has 0 unspecified atom stereocenters. The highest BCUT2D eigenvalue weighted by Gasteiger charge is 2.09. The van der Waals surface area contributed by atoms with Crippen LogP contribution in [0.15, 0.2) is 59.7 Å². The molecule has 0 aliphatic rings. The largest absolute Gasteiger partial charge is 0.496 e. The lowest BCUT2D eigenvalue weighted by atomic mass is 10.0. The van der Waals surface area contributed by atoms with Crippen LogP contribution >= 0.6 is 11.3 Å². The molecule has 0 bridgehead atoms. The van der Waals surface area contributed by atoms with Crippen molar-refractivity contribution in [3.05, 3.63) is 65.7 Å². The Bertz CT molecular complexity index is 1180. The number of fused-ring (bicyclic) bond motifs is 2. The Labute approximate surface area is 159 Å². The quantitative estimate of drug-likeness (QED) is 0.419. The number of nitrogen functional groups attached to an aromatic ring is 1. The molecule has 3 N–H and O–H groups in total. The smallest absolute Gasteiger partial charge is 0.271 e. The van der Waals surface area contributed by atoms with E-state index in [4.69, 9.17) is 10.5 Å². The first kappa shape index (κ1) is 17.0. The molecule has 0 atom stereocenters. The van der Waals surface area contributed by atoms with Gasteiger partial charge in [-0.3, -0.25) is 4.79 Å². The second-order valence-electron chi connectivity index (χ2n) is 5.84. The molecule has 1 amide bonds. The number of thiazole rings is 1. The number of aromatic nitrogens is 1. The first-order valence-electron chi connectivity index (χ1n) is 8.21. The normalized spacial score (nSPS) is 11.3. The fraction of sp³-hybridized carbons (Fsp3) is 0.0500.